The van der Waals surface area contributed by atoms with Crippen LogP contribution < -0.4 is 26.3 Å². The molecule has 27 heavy (non-hydrogen) atoms. The van der Waals surface area contributed by atoms with Crippen molar-refractivity contribution in [2.75, 3.05) is 0 Å². The topological polar surface area (TPSA) is 18.0 Å². The molecule has 0 saturated heterocycles. The summed E-state index contributed by atoms with van der Waals surface area (Å²) < 4.78 is 33.8. The lowest BCUT2D eigenvalue weighted by Crippen LogP contribution is -3.00. The van der Waals surface area contributed by atoms with Crippen molar-refractivity contribution in [1.82, 2.24) is 4.57 Å². The van der Waals surface area contributed by atoms with Crippen molar-refractivity contribution < 1.29 is 35.1 Å². The molecule has 0 atom stereocenters. The highest BCUT2D eigenvalue weighted by Gasteiger charge is 2.26. The second-order valence-electron chi connectivity index (χ2n) is 6.50. The molecule has 1 aliphatic heterocycles. The molecule has 0 saturated carbocycles. The van der Waals surface area contributed by atoms with E-state index in [0.717, 1.165) is 25.1 Å². The number of halogens is 3. The normalized spacial score (nSPS) is 13.6. The molecule has 0 bridgehead atoms. The lowest BCUT2D eigenvalue weighted by Gasteiger charge is -2.05. The largest absolute Gasteiger partial charge is 1.00 e. The Morgan fingerprint density at radius 3 is 2.37 bits per heavy atom. The first-order chi connectivity index (χ1) is 12.7. The molecule has 6 heteroatoms. The van der Waals surface area contributed by atoms with Crippen LogP contribution >= 0.6 is 0 Å². The van der Waals surface area contributed by atoms with Gasteiger partial charge in [0.15, 0.2) is 5.69 Å². The summed E-state index contributed by atoms with van der Waals surface area (Å²) in [6.45, 7) is -1.80. The minimum absolute atomic E-state index is 0. The summed E-state index contributed by atoms with van der Waals surface area (Å²) in [7, 11) is 0. The van der Waals surface area contributed by atoms with Gasteiger partial charge in [0, 0.05) is 12.0 Å². The van der Waals surface area contributed by atoms with E-state index < -0.39 is 6.61 Å². The maximum Gasteiger partial charge on any atom is 0.387 e. The van der Waals surface area contributed by atoms with Gasteiger partial charge in [-0.15, -0.1) is 0 Å². The molecule has 1 aliphatic rings. The summed E-state index contributed by atoms with van der Waals surface area (Å²) >= 11 is 0. The van der Waals surface area contributed by atoms with Crippen LogP contribution in [-0.4, -0.2) is 11.2 Å². The second-order valence-corrected chi connectivity index (χ2v) is 6.50. The van der Waals surface area contributed by atoms with E-state index >= 15 is 0 Å². The van der Waals surface area contributed by atoms with Gasteiger partial charge in [-0.3, -0.25) is 0 Å². The molecule has 4 rings (SSSR count). The Hall–Kier alpha value is -2.21. The van der Waals surface area contributed by atoms with Crippen LogP contribution in [0.4, 0.5) is 8.78 Å². The minimum atomic E-state index is -2.80. The number of benzene rings is 2. The van der Waals surface area contributed by atoms with E-state index in [0.29, 0.717) is 0 Å². The number of fused-ring (bicyclic) bond motifs is 1. The number of alkyl halides is 2. The minimum Gasteiger partial charge on any atom is -1.00 e. The van der Waals surface area contributed by atoms with Crippen molar-refractivity contribution in [3.63, 3.8) is 0 Å². The summed E-state index contributed by atoms with van der Waals surface area (Å²) in [6.07, 6.45) is 6.70. The summed E-state index contributed by atoms with van der Waals surface area (Å²) in [4.78, 5) is 0. The third-order valence-corrected chi connectivity index (χ3v) is 4.82. The van der Waals surface area contributed by atoms with Gasteiger partial charge in [0.05, 0.1) is 6.54 Å². The molecule has 0 spiro atoms. The summed E-state index contributed by atoms with van der Waals surface area (Å²) in [5.74, 6) is 1.43. The van der Waals surface area contributed by atoms with E-state index in [9.17, 15) is 8.78 Å². The number of rotatable bonds is 4. The van der Waals surface area contributed by atoms with Gasteiger partial charge in [0.2, 0.25) is 0 Å². The SMILES string of the molecule is FC(F)Oc1ccc(-n2cc(-c3ccccc3)[n+]3c2CCCCC3)cc1.[Br-]. The Bertz CT molecular complexity index is 879. The molecule has 0 unspecified atom stereocenters. The summed E-state index contributed by atoms with van der Waals surface area (Å²) in [5.41, 5.74) is 3.34. The maximum absolute atomic E-state index is 12.4. The van der Waals surface area contributed by atoms with Gasteiger partial charge in [-0.25, -0.2) is 4.57 Å². The maximum atomic E-state index is 12.4. The highest BCUT2D eigenvalue weighted by Crippen LogP contribution is 2.25. The van der Waals surface area contributed by atoms with Crippen LogP contribution in [0.1, 0.15) is 25.1 Å². The van der Waals surface area contributed by atoms with Gasteiger partial charge in [-0.05, 0) is 43.5 Å². The zero-order valence-corrected chi connectivity index (χ0v) is 16.4. The lowest BCUT2D eigenvalue weighted by molar-refractivity contribution is -0.692. The Balaban J connectivity index is 0.00000210. The van der Waals surface area contributed by atoms with Gasteiger partial charge < -0.3 is 21.7 Å². The number of imidazole rings is 1. The van der Waals surface area contributed by atoms with Gasteiger partial charge in [0.1, 0.15) is 17.6 Å². The summed E-state index contributed by atoms with van der Waals surface area (Å²) in [5, 5.41) is 0. The molecule has 0 amide bonds. The molecule has 2 heterocycles. The quantitative estimate of drug-likeness (QED) is 0.572. The first-order valence-corrected chi connectivity index (χ1v) is 8.97. The first kappa shape index (κ1) is 19.5. The van der Waals surface area contributed by atoms with Gasteiger partial charge in [-0.1, -0.05) is 30.3 Å². The van der Waals surface area contributed by atoms with Gasteiger partial charge in [0.25, 0.3) is 5.82 Å². The fourth-order valence-electron chi connectivity index (χ4n) is 3.62. The zero-order valence-electron chi connectivity index (χ0n) is 14.8. The smallest absolute Gasteiger partial charge is 0.387 e. The molecule has 0 fully saturated rings. The van der Waals surface area contributed by atoms with Crippen molar-refractivity contribution in [2.45, 2.75) is 38.8 Å². The van der Waals surface area contributed by atoms with Crippen LogP contribution in [0.5, 0.6) is 5.75 Å². The van der Waals surface area contributed by atoms with Crippen molar-refractivity contribution in [3.05, 3.63) is 66.6 Å². The molecule has 0 radical (unpaired) electrons. The molecule has 142 valence electrons. The van der Waals surface area contributed by atoms with Crippen molar-refractivity contribution in [3.8, 4) is 22.7 Å². The fraction of sp³-hybridized carbons (Fsp3) is 0.286. The van der Waals surface area contributed by atoms with Crippen LogP contribution in [0.2, 0.25) is 0 Å². The molecule has 1 aromatic heterocycles. The van der Waals surface area contributed by atoms with Crippen LogP contribution in [0.15, 0.2) is 60.8 Å². The predicted octanol–water partition coefficient (Wildman–Crippen LogP) is 1.76. The lowest BCUT2D eigenvalue weighted by atomic mass is 10.1. The Labute approximate surface area is 168 Å². The van der Waals surface area contributed by atoms with Crippen molar-refractivity contribution in [1.29, 1.82) is 0 Å². The molecular weight excluding hydrogens is 414 g/mol. The first-order valence-electron chi connectivity index (χ1n) is 8.97. The van der Waals surface area contributed by atoms with Crippen LogP contribution in [0.25, 0.3) is 16.9 Å². The van der Waals surface area contributed by atoms with E-state index in [2.05, 4.69) is 32.2 Å². The molecule has 0 N–H and O–H groups in total. The Kier molecular flexibility index (Phi) is 6.26. The average molecular weight is 435 g/mol. The monoisotopic (exact) mass is 434 g/mol. The molecular formula is C21H21BrF2N2O. The highest BCUT2D eigenvalue weighted by molar-refractivity contribution is 5.56. The Morgan fingerprint density at radius 2 is 1.67 bits per heavy atom. The highest BCUT2D eigenvalue weighted by atomic mass is 79.9. The zero-order chi connectivity index (χ0) is 17.9. The van der Waals surface area contributed by atoms with Gasteiger partial charge >= 0.3 is 6.61 Å². The number of ether oxygens (including phenoxy) is 1. The number of aromatic nitrogens is 2. The third-order valence-electron chi connectivity index (χ3n) is 4.82. The van der Waals surface area contributed by atoms with Gasteiger partial charge in [-0.2, -0.15) is 13.3 Å². The molecule has 2 aromatic carbocycles. The average Bonchev–Trinajstić information content (AvgIpc) is 2.84. The van der Waals surface area contributed by atoms with E-state index in [1.807, 2.05) is 30.3 Å². The van der Waals surface area contributed by atoms with Crippen LogP contribution in [0, 0.1) is 0 Å². The van der Waals surface area contributed by atoms with Crippen molar-refractivity contribution >= 4 is 0 Å². The fourth-order valence-corrected chi connectivity index (χ4v) is 3.62. The Morgan fingerprint density at radius 1 is 0.926 bits per heavy atom. The third kappa shape index (κ3) is 4.21. The second kappa shape index (κ2) is 8.65. The number of hydrogen-bond donors (Lipinski definition) is 0. The van der Waals surface area contributed by atoms with E-state index in [4.69, 9.17) is 0 Å². The van der Waals surface area contributed by atoms with Crippen LogP contribution in [-0.2, 0) is 13.0 Å². The number of nitrogens with zero attached hydrogens (tertiary/aromatic N) is 2. The standard InChI is InChI=1S/C21H21F2N2O.BrH/c22-21(23)26-18-12-10-17(11-13-18)25-15-19(16-7-3-1-4-8-16)24-14-6-2-5-9-20(24)25;/h1,3-4,7-8,10-13,15,21H,2,5-6,9,14H2;1H/q+1;/p-1. The van der Waals surface area contributed by atoms with Crippen molar-refractivity contribution in [2.24, 2.45) is 0 Å². The van der Waals surface area contributed by atoms with E-state index in [1.54, 1.807) is 12.1 Å². The predicted molar refractivity (Wildman–Crippen MR) is 95.6 cm³/mol. The molecule has 0 aliphatic carbocycles. The molecule has 3 nitrogen and oxygen atoms in total. The molecule has 3 aromatic rings. The van der Waals surface area contributed by atoms with E-state index in [1.165, 1.54) is 29.9 Å². The van der Waals surface area contributed by atoms with E-state index in [-0.39, 0.29) is 22.7 Å². The van der Waals surface area contributed by atoms with Crippen LogP contribution in [0.3, 0.4) is 0 Å². The number of hydrogen-bond acceptors (Lipinski definition) is 1. The summed E-state index contributed by atoms with van der Waals surface area (Å²) in [6, 6.07) is 17.2.